The average molecular weight is 238 g/mol. The van der Waals surface area contributed by atoms with Crippen LogP contribution in [0.25, 0.3) is 0 Å². The Hall–Kier alpha value is -1.36. The summed E-state index contributed by atoms with van der Waals surface area (Å²) >= 11 is 0. The summed E-state index contributed by atoms with van der Waals surface area (Å²) in [6.07, 6.45) is 0. The second-order valence-electron chi connectivity index (χ2n) is 4.23. The van der Waals surface area contributed by atoms with Gasteiger partial charge in [0.1, 0.15) is 17.5 Å². The summed E-state index contributed by atoms with van der Waals surface area (Å²) in [5.74, 6) is 2.60. The summed E-state index contributed by atoms with van der Waals surface area (Å²) < 4.78 is 5.17. The summed E-state index contributed by atoms with van der Waals surface area (Å²) in [6.45, 7) is 6.71. The zero-order chi connectivity index (χ0) is 13.0. The van der Waals surface area contributed by atoms with Crippen LogP contribution in [0.2, 0.25) is 0 Å². The largest absolute Gasteiger partial charge is 0.383 e. The van der Waals surface area contributed by atoms with Gasteiger partial charge in [0.2, 0.25) is 0 Å². The molecular formula is C12H22N4O. The fourth-order valence-corrected chi connectivity index (χ4v) is 1.76. The standard InChI is InChI=1S/C12H22N4O/c1-8(7-17-6)16(5)12-9(2)11(13-4)14-10(3)15-12/h8H,7H2,1-6H3,(H,13,14,15). The molecule has 0 fully saturated rings. The van der Waals surface area contributed by atoms with E-state index in [2.05, 4.69) is 27.1 Å². The Morgan fingerprint density at radius 3 is 2.53 bits per heavy atom. The van der Waals surface area contributed by atoms with E-state index in [1.54, 1.807) is 7.11 Å². The number of aromatic nitrogens is 2. The molecule has 5 heteroatoms. The zero-order valence-corrected chi connectivity index (χ0v) is 11.5. The Balaban J connectivity index is 3.08. The fourth-order valence-electron chi connectivity index (χ4n) is 1.76. The molecule has 1 aromatic heterocycles. The minimum Gasteiger partial charge on any atom is -0.383 e. The maximum Gasteiger partial charge on any atom is 0.137 e. The van der Waals surface area contributed by atoms with E-state index in [-0.39, 0.29) is 6.04 Å². The number of likely N-dealkylation sites (N-methyl/N-ethyl adjacent to an activating group) is 1. The van der Waals surface area contributed by atoms with Crippen LogP contribution >= 0.6 is 0 Å². The van der Waals surface area contributed by atoms with Gasteiger partial charge in [-0.15, -0.1) is 0 Å². The van der Waals surface area contributed by atoms with Crippen LogP contribution in [0.5, 0.6) is 0 Å². The second kappa shape index (κ2) is 5.82. The van der Waals surface area contributed by atoms with E-state index in [9.17, 15) is 0 Å². The summed E-state index contributed by atoms with van der Waals surface area (Å²) in [4.78, 5) is 11.0. The predicted molar refractivity (Wildman–Crippen MR) is 70.8 cm³/mol. The molecule has 1 N–H and O–H groups in total. The van der Waals surface area contributed by atoms with Crippen molar-refractivity contribution in [3.63, 3.8) is 0 Å². The van der Waals surface area contributed by atoms with Gasteiger partial charge in [-0.3, -0.25) is 0 Å². The van der Waals surface area contributed by atoms with Gasteiger partial charge in [-0.05, 0) is 20.8 Å². The molecule has 1 heterocycles. The molecule has 0 saturated carbocycles. The van der Waals surface area contributed by atoms with Crippen LogP contribution in [0.3, 0.4) is 0 Å². The molecule has 0 aliphatic carbocycles. The second-order valence-corrected chi connectivity index (χ2v) is 4.23. The molecule has 0 amide bonds. The predicted octanol–water partition coefficient (Wildman–Crippen LogP) is 1.61. The molecule has 0 aromatic carbocycles. The first kappa shape index (κ1) is 13.7. The Bertz CT molecular complexity index is 381. The number of rotatable bonds is 5. The molecule has 1 atom stereocenters. The van der Waals surface area contributed by atoms with Gasteiger partial charge in [0.25, 0.3) is 0 Å². The molecule has 0 aliphatic rings. The maximum atomic E-state index is 5.17. The van der Waals surface area contributed by atoms with E-state index in [1.165, 1.54) is 0 Å². The smallest absolute Gasteiger partial charge is 0.137 e. The van der Waals surface area contributed by atoms with Crippen molar-refractivity contribution in [1.29, 1.82) is 0 Å². The first-order valence-corrected chi connectivity index (χ1v) is 5.76. The first-order valence-electron chi connectivity index (χ1n) is 5.76. The minimum absolute atomic E-state index is 0.276. The Labute approximate surface area is 103 Å². The number of methoxy groups -OCH3 is 1. The molecule has 0 spiro atoms. The number of hydrogen-bond acceptors (Lipinski definition) is 5. The van der Waals surface area contributed by atoms with Gasteiger partial charge in [-0.25, -0.2) is 9.97 Å². The number of anilines is 2. The van der Waals surface area contributed by atoms with Gasteiger partial charge < -0.3 is 15.0 Å². The van der Waals surface area contributed by atoms with Crippen molar-refractivity contribution in [2.24, 2.45) is 0 Å². The van der Waals surface area contributed by atoms with Crippen LogP contribution < -0.4 is 10.2 Å². The lowest BCUT2D eigenvalue weighted by molar-refractivity contribution is 0.183. The van der Waals surface area contributed by atoms with Gasteiger partial charge in [-0.2, -0.15) is 0 Å². The molecule has 0 bridgehead atoms. The SMILES string of the molecule is CNc1nc(C)nc(N(C)C(C)COC)c1C. The molecule has 17 heavy (non-hydrogen) atoms. The quantitative estimate of drug-likeness (QED) is 0.844. The monoisotopic (exact) mass is 238 g/mol. The third kappa shape index (κ3) is 3.06. The normalized spacial score (nSPS) is 12.4. The lowest BCUT2D eigenvalue weighted by Crippen LogP contribution is -2.34. The molecule has 0 saturated heterocycles. The summed E-state index contributed by atoms with van der Waals surface area (Å²) in [6, 6.07) is 0.276. The van der Waals surface area contributed by atoms with Crippen molar-refractivity contribution in [2.75, 3.05) is 38.0 Å². The van der Waals surface area contributed by atoms with Crippen molar-refractivity contribution in [2.45, 2.75) is 26.8 Å². The molecule has 1 unspecified atom stereocenters. The van der Waals surface area contributed by atoms with Gasteiger partial charge in [0.05, 0.1) is 12.6 Å². The van der Waals surface area contributed by atoms with Crippen LogP contribution in [0, 0.1) is 13.8 Å². The summed E-state index contributed by atoms with van der Waals surface area (Å²) in [7, 11) is 5.61. The molecular weight excluding hydrogens is 216 g/mol. The van der Waals surface area contributed by atoms with Gasteiger partial charge in [-0.1, -0.05) is 0 Å². The van der Waals surface area contributed by atoms with Crippen molar-refractivity contribution < 1.29 is 4.74 Å². The van der Waals surface area contributed by atoms with Crippen LogP contribution in [-0.2, 0) is 4.74 Å². The first-order chi connectivity index (χ1) is 8.01. The third-order valence-corrected chi connectivity index (χ3v) is 2.87. The third-order valence-electron chi connectivity index (χ3n) is 2.87. The number of ether oxygens (including phenoxy) is 1. The molecule has 0 radical (unpaired) electrons. The number of hydrogen-bond donors (Lipinski definition) is 1. The summed E-state index contributed by atoms with van der Waals surface area (Å²) in [5, 5.41) is 3.09. The lowest BCUT2D eigenvalue weighted by Gasteiger charge is -2.27. The van der Waals surface area contributed by atoms with E-state index in [0.717, 1.165) is 23.0 Å². The highest BCUT2D eigenvalue weighted by Crippen LogP contribution is 2.23. The minimum atomic E-state index is 0.276. The van der Waals surface area contributed by atoms with Gasteiger partial charge >= 0.3 is 0 Å². The zero-order valence-electron chi connectivity index (χ0n) is 11.5. The molecule has 5 nitrogen and oxygen atoms in total. The Morgan fingerprint density at radius 2 is 2.00 bits per heavy atom. The van der Waals surface area contributed by atoms with E-state index < -0.39 is 0 Å². The van der Waals surface area contributed by atoms with Crippen LogP contribution in [0.15, 0.2) is 0 Å². The molecule has 96 valence electrons. The van der Waals surface area contributed by atoms with Crippen molar-refractivity contribution in [3.05, 3.63) is 11.4 Å². The number of nitrogens with one attached hydrogen (secondary N) is 1. The van der Waals surface area contributed by atoms with E-state index in [4.69, 9.17) is 4.74 Å². The van der Waals surface area contributed by atoms with Crippen LogP contribution in [0.4, 0.5) is 11.6 Å². The van der Waals surface area contributed by atoms with Gasteiger partial charge in [0, 0.05) is 26.8 Å². The van der Waals surface area contributed by atoms with Crippen molar-refractivity contribution in [1.82, 2.24) is 9.97 Å². The highest BCUT2D eigenvalue weighted by molar-refractivity contribution is 5.58. The fraction of sp³-hybridized carbons (Fsp3) is 0.667. The van der Waals surface area contributed by atoms with Crippen LogP contribution in [-0.4, -0.2) is 43.8 Å². The van der Waals surface area contributed by atoms with E-state index in [0.29, 0.717) is 6.61 Å². The molecule has 1 rings (SSSR count). The van der Waals surface area contributed by atoms with Crippen LogP contribution in [0.1, 0.15) is 18.3 Å². The molecule has 1 aromatic rings. The number of nitrogens with zero attached hydrogens (tertiary/aromatic N) is 3. The van der Waals surface area contributed by atoms with Gasteiger partial charge in [0.15, 0.2) is 0 Å². The maximum absolute atomic E-state index is 5.17. The van der Waals surface area contributed by atoms with Crippen molar-refractivity contribution in [3.8, 4) is 0 Å². The number of aryl methyl sites for hydroxylation is 1. The lowest BCUT2D eigenvalue weighted by atomic mass is 10.2. The van der Waals surface area contributed by atoms with E-state index >= 15 is 0 Å². The molecule has 0 aliphatic heterocycles. The highest BCUT2D eigenvalue weighted by atomic mass is 16.5. The Kier molecular flexibility index (Phi) is 4.69. The summed E-state index contributed by atoms with van der Waals surface area (Å²) in [5.41, 5.74) is 1.06. The van der Waals surface area contributed by atoms with Crippen molar-refractivity contribution >= 4 is 11.6 Å². The average Bonchev–Trinajstić information content (AvgIpc) is 2.31. The topological polar surface area (TPSA) is 50.3 Å². The highest BCUT2D eigenvalue weighted by Gasteiger charge is 2.16. The van der Waals surface area contributed by atoms with E-state index in [1.807, 2.05) is 27.9 Å². The Morgan fingerprint density at radius 1 is 1.35 bits per heavy atom.